The van der Waals surface area contributed by atoms with E-state index in [4.69, 9.17) is 5.73 Å². The van der Waals surface area contributed by atoms with Gasteiger partial charge >= 0.3 is 0 Å². The van der Waals surface area contributed by atoms with Crippen molar-refractivity contribution in [2.24, 2.45) is 0 Å². The number of hydrogen-bond acceptors (Lipinski definition) is 2. The summed E-state index contributed by atoms with van der Waals surface area (Å²) in [6.45, 7) is 1.87. The quantitative estimate of drug-likeness (QED) is 0.865. The lowest BCUT2D eigenvalue weighted by molar-refractivity contribution is 0.626. The molecule has 18 heavy (non-hydrogen) atoms. The monoisotopic (exact) mass is 263 g/mol. The fraction of sp³-hybridized carbons (Fsp3) is 0.143. The van der Waals surface area contributed by atoms with Crippen LogP contribution in [0.3, 0.4) is 0 Å². The van der Waals surface area contributed by atoms with Gasteiger partial charge in [0.2, 0.25) is 0 Å². The molecule has 1 atom stereocenters. The molecule has 2 rings (SSSR count). The molecule has 4 heteroatoms. The number of hydrogen-bond donors (Lipinski definition) is 1. The van der Waals surface area contributed by atoms with Crippen molar-refractivity contribution in [3.05, 3.63) is 59.4 Å². The van der Waals surface area contributed by atoms with Crippen molar-refractivity contribution in [2.75, 3.05) is 5.73 Å². The molecule has 0 saturated carbocycles. The van der Waals surface area contributed by atoms with Gasteiger partial charge in [-0.3, -0.25) is 4.21 Å². The van der Waals surface area contributed by atoms with Crippen LogP contribution in [0.15, 0.2) is 47.4 Å². The van der Waals surface area contributed by atoms with Gasteiger partial charge < -0.3 is 5.73 Å². The summed E-state index contributed by atoms with van der Waals surface area (Å²) in [5, 5.41) is 0. The SMILES string of the molecule is Cc1cc(N)ccc1S(=O)Cc1cccc(F)c1. The average molecular weight is 263 g/mol. The first-order valence-corrected chi connectivity index (χ1v) is 6.87. The molecular formula is C14H14FNOS. The van der Waals surface area contributed by atoms with Crippen LogP contribution in [-0.4, -0.2) is 4.21 Å². The molecular weight excluding hydrogens is 249 g/mol. The minimum Gasteiger partial charge on any atom is -0.399 e. The normalized spacial score (nSPS) is 12.3. The van der Waals surface area contributed by atoms with Gasteiger partial charge in [-0.05, 0) is 48.4 Å². The van der Waals surface area contributed by atoms with E-state index in [0.717, 1.165) is 16.0 Å². The predicted molar refractivity (Wildman–Crippen MR) is 72.1 cm³/mol. The zero-order chi connectivity index (χ0) is 13.1. The molecule has 2 nitrogen and oxygen atoms in total. The number of benzene rings is 2. The Kier molecular flexibility index (Phi) is 3.77. The summed E-state index contributed by atoms with van der Waals surface area (Å²) in [5.41, 5.74) is 7.92. The number of rotatable bonds is 3. The Labute approximate surface area is 108 Å². The van der Waals surface area contributed by atoms with E-state index in [9.17, 15) is 8.60 Å². The number of halogens is 1. The fourth-order valence-corrected chi connectivity index (χ4v) is 3.06. The van der Waals surface area contributed by atoms with E-state index in [-0.39, 0.29) is 5.82 Å². The summed E-state index contributed by atoms with van der Waals surface area (Å²) in [6, 6.07) is 11.5. The van der Waals surface area contributed by atoms with Crippen molar-refractivity contribution in [1.82, 2.24) is 0 Å². The van der Waals surface area contributed by atoms with E-state index in [1.807, 2.05) is 6.92 Å². The van der Waals surface area contributed by atoms with Gasteiger partial charge in [-0.1, -0.05) is 12.1 Å². The van der Waals surface area contributed by atoms with Gasteiger partial charge in [0.15, 0.2) is 0 Å². The van der Waals surface area contributed by atoms with Crippen LogP contribution < -0.4 is 5.73 Å². The van der Waals surface area contributed by atoms with Crippen LogP contribution in [-0.2, 0) is 16.6 Å². The first-order chi connectivity index (χ1) is 8.56. The van der Waals surface area contributed by atoms with E-state index >= 15 is 0 Å². The maximum Gasteiger partial charge on any atom is 0.123 e. The van der Waals surface area contributed by atoms with Crippen molar-refractivity contribution in [1.29, 1.82) is 0 Å². The summed E-state index contributed by atoms with van der Waals surface area (Å²) < 4.78 is 25.2. The molecule has 0 bridgehead atoms. The fourth-order valence-electron chi connectivity index (χ4n) is 1.78. The first-order valence-electron chi connectivity index (χ1n) is 5.55. The second-order valence-corrected chi connectivity index (χ2v) is 5.56. The first kappa shape index (κ1) is 12.8. The summed E-state index contributed by atoms with van der Waals surface area (Å²) >= 11 is 0. The molecule has 94 valence electrons. The number of anilines is 1. The maximum absolute atomic E-state index is 13.0. The van der Waals surface area contributed by atoms with Gasteiger partial charge in [0, 0.05) is 10.6 Å². The molecule has 0 aliphatic heterocycles. The van der Waals surface area contributed by atoms with E-state index in [0.29, 0.717) is 11.4 Å². The zero-order valence-corrected chi connectivity index (χ0v) is 10.8. The van der Waals surface area contributed by atoms with Crippen molar-refractivity contribution in [3.63, 3.8) is 0 Å². The predicted octanol–water partition coefficient (Wildman–Crippen LogP) is 3.02. The van der Waals surface area contributed by atoms with Crippen molar-refractivity contribution < 1.29 is 8.60 Å². The van der Waals surface area contributed by atoms with Crippen molar-refractivity contribution in [3.8, 4) is 0 Å². The minimum atomic E-state index is -1.18. The molecule has 0 aromatic heterocycles. The Morgan fingerprint density at radius 3 is 2.67 bits per heavy atom. The highest BCUT2D eigenvalue weighted by Gasteiger charge is 2.08. The summed E-state index contributed by atoms with van der Waals surface area (Å²) in [6.07, 6.45) is 0. The highest BCUT2D eigenvalue weighted by Crippen LogP contribution is 2.19. The Bertz CT molecular complexity index is 598. The smallest absolute Gasteiger partial charge is 0.123 e. The van der Waals surface area contributed by atoms with Gasteiger partial charge in [-0.25, -0.2) is 4.39 Å². The molecule has 2 N–H and O–H groups in total. The third-order valence-corrected chi connectivity index (χ3v) is 4.18. The minimum absolute atomic E-state index is 0.307. The Morgan fingerprint density at radius 1 is 1.22 bits per heavy atom. The Morgan fingerprint density at radius 2 is 2.00 bits per heavy atom. The molecule has 0 amide bonds. The Balaban J connectivity index is 2.22. The van der Waals surface area contributed by atoms with E-state index in [1.165, 1.54) is 12.1 Å². The van der Waals surface area contributed by atoms with Crippen LogP contribution in [0.4, 0.5) is 10.1 Å². The highest BCUT2D eigenvalue weighted by molar-refractivity contribution is 7.84. The number of nitrogens with two attached hydrogens (primary N) is 1. The number of aryl methyl sites for hydroxylation is 1. The molecule has 0 aliphatic rings. The van der Waals surface area contributed by atoms with Crippen molar-refractivity contribution in [2.45, 2.75) is 17.6 Å². The van der Waals surface area contributed by atoms with Crippen LogP contribution >= 0.6 is 0 Å². The standard InChI is InChI=1S/C14H14FNOS/c1-10-7-13(16)5-6-14(10)18(17)9-11-3-2-4-12(15)8-11/h2-8H,9,16H2,1H3. The number of nitrogen functional groups attached to an aromatic ring is 1. The second-order valence-electron chi connectivity index (χ2n) is 4.14. The zero-order valence-electron chi connectivity index (χ0n) is 10.0. The summed E-state index contributed by atoms with van der Waals surface area (Å²) in [4.78, 5) is 0.744. The molecule has 2 aromatic rings. The molecule has 0 spiro atoms. The lowest BCUT2D eigenvalue weighted by Gasteiger charge is -2.07. The largest absolute Gasteiger partial charge is 0.399 e. The molecule has 0 fully saturated rings. The third kappa shape index (κ3) is 2.96. The summed E-state index contributed by atoms with van der Waals surface area (Å²) in [5.74, 6) is 0.00114. The van der Waals surface area contributed by atoms with E-state index in [2.05, 4.69) is 0 Å². The average Bonchev–Trinajstić information content (AvgIpc) is 2.28. The second kappa shape index (κ2) is 5.31. The summed E-state index contributed by atoms with van der Waals surface area (Å²) in [7, 11) is -1.18. The Hall–Kier alpha value is -1.68. The molecule has 2 aromatic carbocycles. The maximum atomic E-state index is 13.0. The molecule has 0 heterocycles. The lowest BCUT2D eigenvalue weighted by Crippen LogP contribution is -2.00. The van der Waals surface area contributed by atoms with Gasteiger partial charge in [0.25, 0.3) is 0 Å². The highest BCUT2D eigenvalue weighted by atomic mass is 32.2. The van der Waals surface area contributed by atoms with Gasteiger partial charge in [-0.2, -0.15) is 0 Å². The van der Waals surface area contributed by atoms with Crippen LogP contribution in [0.2, 0.25) is 0 Å². The van der Waals surface area contributed by atoms with Crippen LogP contribution in [0, 0.1) is 12.7 Å². The van der Waals surface area contributed by atoms with Crippen molar-refractivity contribution >= 4 is 16.5 Å². The molecule has 0 aliphatic carbocycles. The van der Waals surface area contributed by atoms with Crippen LogP contribution in [0.1, 0.15) is 11.1 Å². The molecule has 1 unspecified atom stereocenters. The van der Waals surface area contributed by atoms with Crippen LogP contribution in [0.25, 0.3) is 0 Å². The topological polar surface area (TPSA) is 43.1 Å². The van der Waals surface area contributed by atoms with Gasteiger partial charge in [0.05, 0.1) is 16.6 Å². The third-order valence-electron chi connectivity index (χ3n) is 2.63. The molecule has 0 saturated heterocycles. The van der Waals surface area contributed by atoms with Gasteiger partial charge in [0.1, 0.15) is 5.82 Å². The van der Waals surface area contributed by atoms with Crippen LogP contribution in [0.5, 0.6) is 0 Å². The van der Waals surface area contributed by atoms with E-state index < -0.39 is 10.8 Å². The lowest BCUT2D eigenvalue weighted by atomic mass is 10.2. The molecule has 0 radical (unpaired) electrons. The van der Waals surface area contributed by atoms with E-state index in [1.54, 1.807) is 30.3 Å². The van der Waals surface area contributed by atoms with Gasteiger partial charge in [-0.15, -0.1) is 0 Å².